The van der Waals surface area contributed by atoms with Crippen molar-refractivity contribution in [2.45, 2.75) is 57.7 Å². The van der Waals surface area contributed by atoms with Crippen molar-refractivity contribution in [1.29, 1.82) is 0 Å². The first-order valence-corrected chi connectivity index (χ1v) is 14.7. The van der Waals surface area contributed by atoms with Crippen LogP contribution in [0.2, 0.25) is 15.1 Å². The van der Waals surface area contributed by atoms with E-state index in [1.807, 2.05) is 0 Å². The van der Waals surface area contributed by atoms with Crippen molar-refractivity contribution in [2.24, 2.45) is 0 Å². The number of hydrogen-bond acceptors (Lipinski definition) is 4. The molecule has 1 saturated carbocycles. The van der Waals surface area contributed by atoms with Crippen molar-refractivity contribution in [3.8, 4) is 0 Å². The molecule has 1 unspecified atom stereocenters. The van der Waals surface area contributed by atoms with E-state index in [2.05, 4.69) is 5.32 Å². The Morgan fingerprint density at radius 2 is 1.64 bits per heavy atom. The van der Waals surface area contributed by atoms with Crippen molar-refractivity contribution < 1.29 is 18.0 Å². The SMILES string of the molecule is CC(C(=O)NC1CCCCC1)N(Cc1ccccc1Cl)C(=O)CN(c1cc(Cl)cc(Cl)c1)S(C)(=O)=O. The van der Waals surface area contributed by atoms with Crippen LogP contribution in [0.5, 0.6) is 0 Å². The van der Waals surface area contributed by atoms with Crippen LogP contribution in [0, 0.1) is 0 Å². The minimum Gasteiger partial charge on any atom is -0.352 e. The van der Waals surface area contributed by atoms with Crippen molar-refractivity contribution in [3.63, 3.8) is 0 Å². The predicted octanol–water partition coefficient (Wildman–Crippen LogP) is 5.28. The first kappa shape index (κ1) is 28.6. The Morgan fingerprint density at radius 1 is 1.03 bits per heavy atom. The van der Waals surface area contributed by atoms with E-state index >= 15 is 0 Å². The molecule has 1 fully saturated rings. The van der Waals surface area contributed by atoms with Gasteiger partial charge in [-0.1, -0.05) is 72.3 Å². The van der Waals surface area contributed by atoms with Crippen LogP contribution in [0.4, 0.5) is 5.69 Å². The van der Waals surface area contributed by atoms with Crippen molar-refractivity contribution >= 4 is 62.3 Å². The molecule has 0 heterocycles. The molecule has 2 amide bonds. The van der Waals surface area contributed by atoms with Gasteiger partial charge in [-0.15, -0.1) is 0 Å². The summed E-state index contributed by atoms with van der Waals surface area (Å²) >= 11 is 18.5. The Bertz CT molecular complexity index is 1180. The molecule has 11 heteroatoms. The standard InChI is InChI=1S/C25H30Cl3N3O4S/c1-17(25(33)29-21-9-4-3-5-10-21)30(15-18-8-6-7-11-23(18)28)24(32)16-31(36(2,34)35)22-13-19(26)12-20(27)14-22/h6-8,11-14,17,21H,3-5,9-10,15-16H2,1-2H3,(H,29,33). The van der Waals surface area contributed by atoms with Gasteiger partial charge in [-0.2, -0.15) is 0 Å². The summed E-state index contributed by atoms with van der Waals surface area (Å²) in [5, 5.41) is 3.95. The molecule has 196 valence electrons. The maximum atomic E-state index is 13.6. The van der Waals surface area contributed by atoms with Gasteiger partial charge in [0.25, 0.3) is 0 Å². The van der Waals surface area contributed by atoms with Crippen molar-refractivity contribution in [3.05, 3.63) is 63.1 Å². The molecule has 1 aliphatic carbocycles. The van der Waals surface area contributed by atoms with E-state index in [0.29, 0.717) is 10.6 Å². The zero-order valence-corrected chi connectivity index (χ0v) is 23.3. The Labute approximate surface area is 227 Å². The number of sulfonamides is 1. The third kappa shape index (κ3) is 7.75. The topological polar surface area (TPSA) is 86.8 Å². The van der Waals surface area contributed by atoms with Crippen LogP contribution >= 0.6 is 34.8 Å². The van der Waals surface area contributed by atoms with Gasteiger partial charge in [0.15, 0.2) is 0 Å². The lowest BCUT2D eigenvalue weighted by atomic mass is 9.95. The summed E-state index contributed by atoms with van der Waals surface area (Å²) < 4.78 is 26.2. The maximum Gasteiger partial charge on any atom is 0.244 e. The van der Waals surface area contributed by atoms with Gasteiger partial charge in [0.05, 0.1) is 11.9 Å². The number of halogens is 3. The summed E-state index contributed by atoms with van der Waals surface area (Å²) in [5.41, 5.74) is 0.793. The molecule has 1 N–H and O–H groups in total. The van der Waals surface area contributed by atoms with E-state index < -0.39 is 28.5 Å². The molecular weight excluding hydrogens is 545 g/mol. The number of amides is 2. The molecule has 3 rings (SSSR count). The van der Waals surface area contributed by atoms with E-state index in [1.54, 1.807) is 31.2 Å². The first-order chi connectivity index (χ1) is 17.0. The van der Waals surface area contributed by atoms with Crippen LogP contribution in [0.3, 0.4) is 0 Å². The van der Waals surface area contributed by atoms with E-state index in [9.17, 15) is 18.0 Å². The van der Waals surface area contributed by atoms with Gasteiger partial charge in [-0.05, 0) is 49.6 Å². The lowest BCUT2D eigenvalue weighted by Crippen LogP contribution is -2.53. The second kappa shape index (κ2) is 12.5. The van der Waals surface area contributed by atoms with E-state index in [0.717, 1.165) is 42.7 Å². The summed E-state index contributed by atoms with van der Waals surface area (Å²) in [7, 11) is -3.89. The number of nitrogens with zero attached hydrogens (tertiary/aromatic N) is 2. The predicted molar refractivity (Wildman–Crippen MR) is 145 cm³/mol. The van der Waals surface area contributed by atoms with E-state index in [-0.39, 0.29) is 34.2 Å². The number of rotatable bonds is 9. The van der Waals surface area contributed by atoms with Crippen molar-refractivity contribution in [1.82, 2.24) is 10.2 Å². The summed E-state index contributed by atoms with van der Waals surface area (Å²) in [6.07, 6.45) is 6.03. The molecule has 0 bridgehead atoms. The molecule has 0 saturated heterocycles. The number of carbonyl (C=O) groups is 2. The van der Waals surface area contributed by atoms with Gasteiger partial charge in [0.2, 0.25) is 21.8 Å². The number of carbonyl (C=O) groups excluding carboxylic acids is 2. The van der Waals surface area contributed by atoms with Crippen LogP contribution in [0.1, 0.15) is 44.6 Å². The molecular formula is C25H30Cl3N3O4S. The fourth-order valence-electron chi connectivity index (χ4n) is 4.26. The highest BCUT2D eigenvalue weighted by molar-refractivity contribution is 7.92. The highest BCUT2D eigenvalue weighted by Gasteiger charge is 2.31. The van der Waals surface area contributed by atoms with Gasteiger partial charge >= 0.3 is 0 Å². The Hall–Kier alpha value is -2.00. The van der Waals surface area contributed by atoms with Gasteiger partial charge in [0, 0.05) is 27.7 Å². The molecule has 2 aromatic carbocycles. The normalized spacial score (nSPS) is 15.2. The molecule has 1 atom stereocenters. The number of nitrogens with one attached hydrogen (secondary N) is 1. The van der Waals surface area contributed by atoms with Crippen molar-refractivity contribution in [2.75, 3.05) is 17.1 Å². The van der Waals surface area contributed by atoms with Gasteiger partial charge in [-0.25, -0.2) is 8.42 Å². The average molecular weight is 575 g/mol. The average Bonchev–Trinajstić information content (AvgIpc) is 2.80. The molecule has 36 heavy (non-hydrogen) atoms. The maximum absolute atomic E-state index is 13.6. The molecule has 0 aliphatic heterocycles. The minimum absolute atomic E-state index is 0.0334. The largest absolute Gasteiger partial charge is 0.352 e. The molecule has 0 spiro atoms. The highest BCUT2D eigenvalue weighted by atomic mass is 35.5. The van der Waals surface area contributed by atoms with Crippen LogP contribution in [0.15, 0.2) is 42.5 Å². The molecule has 2 aromatic rings. The molecule has 7 nitrogen and oxygen atoms in total. The second-order valence-electron chi connectivity index (χ2n) is 9.03. The van der Waals surface area contributed by atoms with Gasteiger partial charge in [0.1, 0.15) is 12.6 Å². The number of anilines is 1. The minimum atomic E-state index is -3.89. The lowest BCUT2D eigenvalue weighted by Gasteiger charge is -2.33. The highest BCUT2D eigenvalue weighted by Crippen LogP contribution is 2.28. The fourth-order valence-corrected chi connectivity index (χ4v) is 5.80. The monoisotopic (exact) mass is 573 g/mol. The lowest BCUT2D eigenvalue weighted by molar-refractivity contribution is -0.139. The smallest absolute Gasteiger partial charge is 0.244 e. The zero-order chi connectivity index (χ0) is 26.5. The van der Waals surface area contributed by atoms with Crippen LogP contribution < -0.4 is 9.62 Å². The third-order valence-corrected chi connectivity index (χ3v) is 8.18. The third-order valence-electron chi connectivity index (χ3n) is 6.23. The molecule has 1 aliphatic rings. The van der Waals surface area contributed by atoms with E-state index in [4.69, 9.17) is 34.8 Å². The number of benzene rings is 2. The van der Waals surface area contributed by atoms with Crippen LogP contribution in [0.25, 0.3) is 0 Å². The molecule has 0 radical (unpaired) electrons. The van der Waals surface area contributed by atoms with Crippen LogP contribution in [-0.4, -0.2) is 50.0 Å². The quantitative estimate of drug-likeness (QED) is 0.442. The van der Waals surface area contributed by atoms with Gasteiger partial charge < -0.3 is 10.2 Å². The summed E-state index contributed by atoms with van der Waals surface area (Å²) in [4.78, 5) is 28.1. The zero-order valence-electron chi connectivity index (χ0n) is 20.2. The fraction of sp³-hybridized carbons (Fsp3) is 0.440. The van der Waals surface area contributed by atoms with Gasteiger partial charge in [-0.3, -0.25) is 13.9 Å². The van der Waals surface area contributed by atoms with E-state index in [1.165, 1.54) is 23.1 Å². The Kier molecular flexibility index (Phi) is 9.92. The number of hydrogen-bond donors (Lipinski definition) is 1. The second-order valence-corrected chi connectivity index (χ2v) is 12.2. The molecule has 0 aromatic heterocycles. The summed E-state index contributed by atoms with van der Waals surface area (Å²) in [6, 6.07) is 10.5. The summed E-state index contributed by atoms with van der Waals surface area (Å²) in [6.45, 7) is 1.13. The Balaban J connectivity index is 1.90. The van der Waals surface area contributed by atoms with Crippen LogP contribution in [-0.2, 0) is 26.2 Å². The summed E-state index contributed by atoms with van der Waals surface area (Å²) in [5.74, 6) is -0.859. The Morgan fingerprint density at radius 3 is 2.22 bits per heavy atom. The first-order valence-electron chi connectivity index (χ1n) is 11.7.